The van der Waals surface area contributed by atoms with Crippen LogP contribution in [0, 0.1) is 18.8 Å². The lowest BCUT2D eigenvalue weighted by Crippen LogP contribution is -2.32. The second-order valence-corrected chi connectivity index (χ2v) is 6.57. The highest BCUT2D eigenvalue weighted by Gasteiger charge is 2.38. The van der Waals surface area contributed by atoms with Crippen LogP contribution >= 0.6 is 11.6 Å². The second kappa shape index (κ2) is 5.43. The summed E-state index contributed by atoms with van der Waals surface area (Å²) in [5.41, 5.74) is 8.45. The van der Waals surface area contributed by atoms with Crippen LogP contribution in [0.15, 0.2) is 18.2 Å². The number of hydrogen-bond acceptors (Lipinski definition) is 2. The van der Waals surface area contributed by atoms with Gasteiger partial charge in [0.15, 0.2) is 0 Å². The molecule has 2 N–H and O–H groups in total. The summed E-state index contributed by atoms with van der Waals surface area (Å²) in [6.45, 7) is 5.17. The van der Waals surface area contributed by atoms with Crippen molar-refractivity contribution in [2.24, 2.45) is 17.6 Å². The summed E-state index contributed by atoms with van der Waals surface area (Å²) in [7, 11) is 0. The van der Waals surface area contributed by atoms with Crippen molar-refractivity contribution in [1.82, 2.24) is 4.90 Å². The van der Waals surface area contributed by atoms with Gasteiger partial charge in [0.05, 0.1) is 0 Å². The average Bonchev–Trinajstić information content (AvgIpc) is 2.95. The highest BCUT2D eigenvalue weighted by molar-refractivity contribution is 6.31. The molecule has 3 atom stereocenters. The van der Waals surface area contributed by atoms with Crippen molar-refractivity contribution in [3.05, 3.63) is 34.3 Å². The molecule has 2 fully saturated rings. The Morgan fingerprint density at radius 1 is 1.32 bits per heavy atom. The van der Waals surface area contributed by atoms with Gasteiger partial charge in [-0.2, -0.15) is 0 Å². The number of halogens is 1. The second-order valence-electron chi connectivity index (χ2n) is 6.17. The maximum absolute atomic E-state index is 6.26. The fourth-order valence-electron chi connectivity index (χ4n) is 3.84. The molecule has 1 heterocycles. The number of rotatable bonds is 3. The molecule has 1 aromatic carbocycles. The van der Waals surface area contributed by atoms with Crippen molar-refractivity contribution in [2.75, 3.05) is 19.6 Å². The predicted molar refractivity (Wildman–Crippen MR) is 80.4 cm³/mol. The fraction of sp³-hybridized carbons (Fsp3) is 0.625. The third kappa shape index (κ3) is 2.54. The smallest absolute Gasteiger partial charge is 0.0471 e. The Bertz CT molecular complexity index is 448. The van der Waals surface area contributed by atoms with Gasteiger partial charge in [-0.3, -0.25) is 4.90 Å². The van der Waals surface area contributed by atoms with E-state index in [4.69, 9.17) is 17.3 Å². The highest BCUT2D eigenvalue weighted by atomic mass is 35.5. The molecule has 0 bridgehead atoms. The van der Waals surface area contributed by atoms with Crippen molar-refractivity contribution in [3.63, 3.8) is 0 Å². The molecule has 0 spiro atoms. The van der Waals surface area contributed by atoms with Gasteiger partial charge >= 0.3 is 0 Å². The zero-order chi connectivity index (χ0) is 13.4. The van der Waals surface area contributed by atoms with Crippen LogP contribution in [0.2, 0.25) is 5.02 Å². The van der Waals surface area contributed by atoms with Crippen molar-refractivity contribution in [3.8, 4) is 0 Å². The Morgan fingerprint density at radius 3 is 2.58 bits per heavy atom. The number of nitrogens with two attached hydrogens (primary N) is 1. The van der Waals surface area contributed by atoms with E-state index in [0.717, 1.165) is 22.4 Å². The predicted octanol–water partition coefficient (Wildman–Crippen LogP) is 3.38. The van der Waals surface area contributed by atoms with Crippen LogP contribution in [0.25, 0.3) is 0 Å². The van der Waals surface area contributed by atoms with Crippen LogP contribution in [0.1, 0.15) is 36.4 Å². The minimum Gasteiger partial charge on any atom is -0.329 e. The van der Waals surface area contributed by atoms with E-state index in [-0.39, 0.29) is 0 Å². The van der Waals surface area contributed by atoms with E-state index in [1.165, 1.54) is 37.9 Å². The molecule has 2 nitrogen and oxygen atoms in total. The number of nitrogens with zero attached hydrogens (tertiary/aromatic N) is 1. The molecule has 19 heavy (non-hydrogen) atoms. The lowest BCUT2D eigenvalue weighted by Gasteiger charge is -2.28. The van der Waals surface area contributed by atoms with Gasteiger partial charge in [-0.05, 0) is 48.8 Å². The normalized spacial score (nSPS) is 28.6. The molecule has 1 aromatic rings. The number of likely N-dealkylation sites (tertiary alicyclic amines) is 1. The minimum absolute atomic E-state index is 0.337. The van der Waals surface area contributed by atoms with Gasteiger partial charge in [-0.1, -0.05) is 30.2 Å². The first-order valence-corrected chi connectivity index (χ1v) is 7.77. The first-order valence-electron chi connectivity index (χ1n) is 7.39. The summed E-state index contributed by atoms with van der Waals surface area (Å²) in [6.07, 6.45) is 4.24. The summed E-state index contributed by atoms with van der Waals surface area (Å²) in [5, 5.41) is 0.857. The van der Waals surface area contributed by atoms with Gasteiger partial charge in [0, 0.05) is 30.7 Å². The standard InChI is InChI=1S/C16H23ClN2/c1-11-5-6-12(7-15(11)17)16(8-18)19-9-13-3-2-4-14(13)10-19/h5-7,13-14,16H,2-4,8-10,18H2,1H3. The zero-order valence-electron chi connectivity index (χ0n) is 11.6. The van der Waals surface area contributed by atoms with E-state index in [1.807, 2.05) is 6.92 Å². The fourth-order valence-corrected chi connectivity index (χ4v) is 4.03. The largest absolute Gasteiger partial charge is 0.329 e. The van der Waals surface area contributed by atoms with Crippen LogP contribution in [-0.2, 0) is 0 Å². The van der Waals surface area contributed by atoms with Crippen LogP contribution < -0.4 is 5.73 Å². The lowest BCUT2D eigenvalue weighted by atomic mass is 10.0. The summed E-state index contributed by atoms with van der Waals surface area (Å²) in [6, 6.07) is 6.73. The summed E-state index contributed by atoms with van der Waals surface area (Å²) >= 11 is 6.26. The van der Waals surface area contributed by atoms with Gasteiger partial charge in [-0.25, -0.2) is 0 Å². The Hall–Kier alpha value is -0.570. The summed E-state index contributed by atoms with van der Waals surface area (Å²) in [5.74, 6) is 1.82. The molecule has 104 valence electrons. The molecule has 1 aliphatic carbocycles. The molecule has 1 aliphatic heterocycles. The first kappa shape index (κ1) is 13.4. The summed E-state index contributed by atoms with van der Waals surface area (Å²) in [4.78, 5) is 2.58. The van der Waals surface area contributed by atoms with Crippen molar-refractivity contribution in [2.45, 2.75) is 32.2 Å². The SMILES string of the molecule is Cc1ccc(C(CN)N2CC3CCCC3C2)cc1Cl. The van der Waals surface area contributed by atoms with Gasteiger partial charge in [0.2, 0.25) is 0 Å². The van der Waals surface area contributed by atoms with Crippen molar-refractivity contribution >= 4 is 11.6 Å². The molecule has 3 unspecified atom stereocenters. The number of benzene rings is 1. The lowest BCUT2D eigenvalue weighted by molar-refractivity contribution is 0.232. The number of aryl methyl sites for hydroxylation is 1. The van der Waals surface area contributed by atoms with Crippen LogP contribution in [0.3, 0.4) is 0 Å². The van der Waals surface area contributed by atoms with Gasteiger partial charge in [0.25, 0.3) is 0 Å². The van der Waals surface area contributed by atoms with Crippen LogP contribution in [0.5, 0.6) is 0 Å². The van der Waals surface area contributed by atoms with E-state index < -0.39 is 0 Å². The molecule has 2 aliphatic rings. The minimum atomic E-state index is 0.337. The van der Waals surface area contributed by atoms with E-state index in [1.54, 1.807) is 0 Å². The zero-order valence-corrected chi connectivity index (χ0v) is 12.4. The Morgan fingerprint density at radius 2 is 2.00 bits per heavy atom. The maximum atomic E-state index is 6.26. The van der Waals surface area contributed by atoms with Crippen LogP contribution in [-0.4, -0.2) is 24.5 Å². The molecular formula is C16H23ClN2. The first-order chi connectivity index (χ1) is 9.19. The average molecular weight is 279 g/mol. The van der Waals surface area contributed by atoms with Crippen molar-refractivity contribution < 1.29 is 0 Å². The van der Waals surface area contributed by atoms with Gasteiger partial charge in [-0.15, -0.1) is 0 Å². The van der Waals surface area contributed by atoms with E-state index in [9.17, 15) is 0 Å². The molecule has 0 amide bonds. The third-order valence-corrected chi connectivity index (χ3v) is 5.41. The van der Waals surface area contributed by atoms with Gasteiger partial charge in [0.1, 0.15) is 0 Å². The number of fused-ring (bicyclic) bond motifs is 1. The Labute approximate surface area is 120 Å². The van der Waals surface area contributed by atoms with Crippen molar-refractivity contribution in [1.29, 1.82) is 0 Å². The van der Waals surface area contributed by atoms with Crippen LogP contribution in [0.4, 0.5) is 0 Å². The monoisotopic (exact) mass is 278 g/mol. The quantitative estimate of drug-likeness (QED) is 0.918. The van der Waals surface area contributed by atoms with E-state index >= 15 is 0 Å². The third-order valence-electron chi connectivity index (χ3n) is 5.00. The molecule has 1 saturated heterocycles. The Balaban J connectivity index is 1.79. The van der Waals surface area contributed by atoms with E-state index in [2.05, 4.69) is 23.1 Å². The Kier molecular flexibility index (Phi) is 3.84. The topological polar surface area (TPSA) is 29.3 Å². The maximum Gasteiger partial charge on any atom is 0.0471 e. The van der Waals surface area contributed by atoms with Gasteiger partial charge < -0.3 is 5.73 Å². The molecule has 3 heteroatoms. The molecule has 0 radical (unpaired) electrons. The summed E-state index contributed by atoms with van der Waals surface area (Å²) < 4.78 is 0. The number of hydrogen-bond donors (Lipinski definition) is 1. The molecule has 0 aromatic heterocycles. The molecular weight excluding hydrogens is 256 g/mol. The molecule has 1 saturated carbocycles. The molecule has 3 rings (SSSR count). The highest BCUT2D eigenvalue weighted by Crippen LogP contribution is 2.40. The van der Waals surface area contributed by atoms with E-state index in [0.29, 0.717) is 12.6 Å².